The number of likely N-dealkylation sites (tertiary alicyclic amines) is 1. The van der Waals surface area contributed by atoms with Crippen molar-refractivity contribution in [1.82, 2.24) is 14.7 Å². The number of methoxy groups -OCH3 is 1. The number of carbonyl (C=O) groups is 1. The fourth-order valence-corrected chi connectivity index (χ4v) is 4.41. The molecule has 2 aromatic rings. The molecule has 2 fully saturated rings. The predicted octanol–water partition coefficient (Wildman–Crippen LogP) is 2.87. The summed E-state index contributed by atoms with van der Waals surface area (Å²) in [5, 5.41) is 4.51. The second-order valence-corrected chi connectivity index (χ2v) is 7.76. The Balaban J connectivity index is 1.41. The molecule has 0 radical (unpaired) electrons. The molecule has 28 heavy (non-hydrogen) atoms. The monoisotopic (exact) mass is 385 g/mol. The van der Waals surface area contributed by atoms with Gasteiger partial charge in [0.05, 0.1) is 18.4 Å². The average Bonchev–Trinajstić information content (AvgIpc) is 3.29. The van der Waals surface area contributed by atoms with Crippen molar-refractivity contribution in [2.75, 3.05) is 20.2 Å². The number of piperidine rings is 1. The first kappa shape index (κ1) is 18.9. The molecule has 0 unspecified atom stereocenters. The molecule has 7 heteroatoms. The van der Waals surface area contributed by atoms with Crippen molar-refractivity contribution in [1.29, 1.82) is 0 Å². The zero-order chi connectivity index (χ0) is 19.5. The lowest BCUT2D eigenvalue weighted by Crippen LogP contribution is -2.45. The van der Waals surface area contributed by atoms with E-state index >= 15 is 0 Å². The van der Waals surface area contributed by atoms with Gasteiger partial charge in [-0.3, -0.25) is 9.59 Å². The third kappa shape index (κ3) is 3.90. The van der Waals surface area contributed by atoms with Gasteiger partial charge in [-0.1, -0.05) is 6.42 Å². The normalized spacial score (nSPS) is 23.7. The molecule has 1 aliphatic carbocycles. The van der Waals surface area contributed by atoms with E-state index in [2.05, 4.69) is 5.10 Å². The quantitative estimate of drug-likeness (QED) is 0.809. The molecule has 0 N–H and O–H groups in total. The highest BCUT2D eigenvalue weighted by atomic mass is 16.5. The molecule has 0 aromatic carbocycles. The molecule has 1 amide bonds. The largest absolute Gasteiger partial charge is 0.463 e. The molecule has 0 spiro atoms. The van der Waals surface area contributed by atoms with E-state index in [-0.39, 0.29) is 29.5 Å². The van der Waals surface area contributed by atoms with E-state index in [1.54, 1.807) is 30.2 Å². The van der Waals surface area contributed by atoms with Crippen LogP contribution in [0, 0.1) is 5.92 Å². The average molecular weight is 385 g/mol. The van der Waals surface area contributed by atoms with E-state index < -0.39 is 0 Å². The van der Waals surface area contributed by atoms with E-state index in [1.165, 1.54) is 6.07 Å². The van der Waals surface area contributed by atoms with Crippen molar-refractivity contribution in [2.24, 2.45) is 5.92 Å². The Morgan fingerprint density at radius 3 is 2.71 bits per heavy atom. The van der Waals surface area contributed by atoms with Crippen molar-refractivity contribution >= 4 is 5.91 Å². The van der Waals surface area contributed by atoms with Gasteiger partial charge in [-0.25, -0.2) is 4.68 Å². The molecular formula is C21H27N3O4. The highest BCUT2D eigenvalue weighted by Crippen LogP contribution is 2.30. The number of ether oxygens (including phenoxy) is 1. The van der Waals surface area contributed by atoms with Crippen LogP contribution in [0.5, 0.6) is 0 Å². The number of hydrogen-bond acceptors (Lipinski definition) is 5. The summed E-state index contributed by atoms with van der Waals surface area (Å²) in [7, 11) is 1.73. The summed E-state index contributed by atoms with van der Waals surface area (Å²) in [6.45, 7) is 1.33. The zero-order valence-corrected chi connectivity index (χ0v) is 16.3. The minimum Gasteiger partial charge on any atom is -0.463 e. The molecule has 0 bridgehead atoms. The molecular weight excluding hydrogens is 358 g/mol. The summed E-state index contributed by atoms with van der Waals surface area (Å²) >= 11 is 0. The van der Waals surface area contributed by atoms with Crippen molar-refractivity contribution < 1.29 is 13.9 Å². The second kappa shape index (κ2) is 8.31. The number of aromatic nitrogens is 2. The second-order valence-electron chi connectivity index (χ2n) is 7.76. The van der Waals surface area contributed by atoms with Crippen LogP contribution in [-0.2, 0) is 9.53 Å². The lowest BCUT2D eigenvalue weighted by atomic mass is 9.85. The van der Waals surface area contributed by atoms with Gasteiger partial charge >= 0.3 is 0 Å². The van der Waals surface area contributed by atoms with E-state index in [1.807, 2.05) is 11.0 Å². The molecule has 2 aromatic heterocycles. The summed E-state index contributed by atoms with van der Waals surface area (Å²) in [6.07, 6.45) is 7.13. The highest BCUT2D eigenvalue weighted by Gasteiger charge is 2.33. The van der Waals surface area contributed by atoms with Gasteiger partial charge in [0, 0.05) is 32.2 Å². The van der Waals surface area contributed by atoms with Gasteiger partial charge in [0.25, 0.3) is 5.56 Å². The smallest absolute Gasteiger partial charge is 0.267 e. The number of hydrogen-bond donors (Lipinski definition) is 0. The van der Waals surface area contributed by atoms with Gasteiger partial charge in [-0.15, -0.1) is 0 Å². The van der Waals surface area contributed by atoms with Crippen molar-refractivity contribution in [3.63, 3.8) is 0 Å². The van der Waals surface area contributed by atoms with Gasteiger partial charge in [0.15, 0.2) is 5.76 Å². The molecule has 3 heterocycles. The van der Waals surface area contributed by atoms with Crippen LogP contribution in [0.2, 0.25) is 0 Å². The van der Waals surface area contributed by atoms with Crippen LogP contribution < -0.4 is 5.56 Å². The first-order valence-electron chi connectivity index (χ1n) is 10.1. The van der Waals surface area contributed by atoms with Crippen LogP contribution in [0.4, 0.5) is 0 Å². The standard InChI is InChI=1S/C21H27N3O4/c1-27-17-5-2-4-15(14-17)21(26)23-11-9-16(10-12-23)24-20(25)8-7-18(22-24)19-6-3-13-28-19/h3,6-8,13,15-17H,2,4-5,9-12,14H2,1H3/t15-,17+/m1/s1. The highest BCUT2D eigenvalue weighted by molar-refractivity contribution is 5.79. The molecule has 150 valence electrons. The van der Waals surface area contributed by atoms with Crippen molar-refractivity contribution in [3.05, 3.63) is 40.9 Å². The number of nitrogens with zero attached hydrogens (tertiary/aromatic N) is 3. The van der Waals surface area contributed by atoms with Gasteiger partial charge in [0.1, 0.15) is 5.69 Å². The summed E-state index contributed by atoms with van der Waals surface area (Å²) in [5.41, 5.74) is 0.534. The van der Waals surface area contributed by atoms with Crippen LogP contribution in [0.3, 0.4) is 0 Å². The first-order valence-corrected chi connectivity index (χ1v) is 10.1. The third-order valence-corrected chi connectivity index (χ3v) is 6.03. The Morgan fingerprint density at radius 2 is 2.00 bits per heavy atom. The molecule has 1 saturated heterocycles. The fraction of sp³-hybridized carbons (Fsp3) is 0.571. The van der Waals surface area contributed by atoms with Gasteiger partial charge in [0.2, 0.25) is 5.91 Å². The number of furan rings is 1. The summed E-state index contributed by atoms with van der Waals surface area (Å²) in [5.74, 6) is 0.953. The molecule has 2 aliphatic rings. The maximum atomic E-state index is 12.9. The summed E-state index contributed by atoms with van der Waals surface area (Å²) in [6, 6.07) is 6.86. The third-order valence-electron chi connectivity index (χ3n) is 6.03. The van der Waals surface area contributed by atoms with Crippen LogP contribution in [0.25, 0.3) is 11.5 Å². The Kier molecular flexibility index (Phi) is 5.62. The molecule has 1 aliphatic heterocycles. The maximum Gasteiger partial charge on any atom is 0.267 e. The Morgan fingerprint density at radius 1 is 1.18 bits per heavy atom. The number of amides is 1. The lowest BCUT2D eigenvalue weighted by Gasteiger charge is -2.36. The van der Waals surface area contributed by atoms with E-state index in [9.17, 15) is 9.59 Å². The molecule has 2 atom stereocenters. The minimum atomic E-state index is -0.115. The Hall–Kier alpha value is -2.41. The van der Waals surface area contributed by atoms with Gasteiger partial charge in [-0.2, -0.15) is 5.10 Å². The first-order chi connectivity index (χ1) is 13.7. The van der Waals surface area contributed by atoms with E-state index in [0.717, 1.165) is 38.5 Å². The molecule has 1 saturated carbocycles. The topological polar surface area (TPSA) is 77.6 Å². The SMILES string of the molecule is CO[C@H]1CCC[C@@H](C(=O)N2CCC(n3nc(-c4ccco4)ccc3=O)CC2)C1. The zero-order valence-electron chi connectivity index (χ0n) is 16.3. The van der Waals surface area contributed by atoms with Gasteiger partial charge in [-0.05, 0) is 50.3 Å². The minimum absolute atomic E-state index is 0.00421. The number of carbonyl (C=O) groups excluding carboxylic acids is 1. The van der Waals surface area contributed by atoms with Gasteiger partial charge < -0.3 is 14.1 Å². The Labute approximate surface area is 164 Å². The van der Waals surface area contributed by atoms with Crippen molar-refractivity contribution in [3.8, 4) is 11.5 Å². The van der Waals surface area contributed by atoms with E-state index in [4.69, 9.17) is 9.15 Å². The van der Waals surface area contributed by atoms with Crippen LogP contribution >= 0.6 is 0 Å². The molecule has 7 nitrogen and oxygen atoms in total. The molecule has 4 rings (SSSR count). The predicted molar refractivity (Wildman–Crippen MR) is 104 cm³/mol. The summed E-state index contributed by atoms with van der Waals surface area (Å²) in [4.78, 5) is 27.2. The van der Waals surface area contributed by atoms with Crippen LogP contribution in [-0.4, -0.2) is 46.9 Å². The van der Waals surface area contributed by atoms with Crippen molar-refractivity contribution in [2.45, 2.75) is 50.7 Å². The van der Waals surface area contributed by atoms with E-state index in [0.29, 0.717) is 24.5 Å². The summed E-state index contributed by atoms with van der Waals surface area (Å²) < 4.78 is 12.4. The fourth-order valence-electron chi connectivity index (χ4n) is 4.41. The Bertz CT molecular complexity index is 853. The lowest BCUT2D eigenvalue weighted by molar-refractivity contribution is -0.139. The van der Waals surface area contributed by atoms with Crippen LogP contribution in [0.1, 0.15) is 44.6 Å². The van der Waals surface area contributed by atoms with Crippen LogP contribution in [0.15, 0.2) is 39.7 Å². The number of rotatable bonds is 4. The maximum absolute atomic E-state index is 12.9.